The highest BCUT2D eigenvalue weighted by Gasteiger charge is 2.30. The van der Waals surface area contributed by atoms with Crippen LogP contribution in [-0.4, -0.2) is 20.0 Å². The predicted molar refractivity (Wildman–Crippen MR) is 127 cm³/mol. The molecule has 0 radical (unpaired) electrons. The van der Waals surface area contributed by atoms with Crippen LogP contribution in [-0.2, 0) is 23.7 Å². The number of urea groups is 1. The standard InChI is InChI=1S/C24H20F3N5O2S/c25-24(26,27)17-7-4-8-18(13-17)30-23(33)29-15-19-14-22(16-5-2-1-3-6-16)32(31-19)20-9-11-21(12-10-20)35(28)34/h1-14H,15,28H2,(H2,29,30,33). The maximum atomic E-state index is 12.9. The molecule has 3 aromatic carbocycles. The van der Waals surface area contributed by atoms with Crippen molar-refractivity contribution in [1.29, 1.82) is 0 Å². The van der Waals surface area contributed by atoms with Crippen LogP contribution in [0.4, 0.5) is 23.7 Å². The Morgan fingerprint density at radius 1 is 0.971 bits per heavy atom. The predicted octanol–water partition coefficient (Wildman–Crippen LogP) is 4.86. The molecule has 0 aliphatic heterocycles. The molecule has 11 heteroatoms. The summed E-state index contributed by atoms with van der Waals surface area (Å²) in [6, 6.07) is 21.7. The largest absolute Gasteiger partial charge is 0.416 e. The van der Waals surface area contributed by atoms with Gasteiger partial charge in [-0.1, -0.05) is 36.4 Å². The van der Waals surface area contributed by atoms with Crippen LogP contribution in [0.15, 0.2) is 89.8 Å². The first kappa shape index (κ1) is 24.2. The Kier molecular flexibility index (Phi) is 6.99. The molecule has 4 aromatic rings. The zero-order valence-corrected chi connectivity index (χ0v) is 18.9. The number of rotatable bonds is 6. The number of hydrogen-bond acceptors (Lipinski definition) is 3. The van der Waals surface area contributed by atoms with E-state index in [1.165, 1.54) is 12.1 Å². The number of amides is 2. The van der Waals surface area contributed by atoms with E-state index in [1.54, 1.807) is 35.0 Å². The van der Waals surface area contributed by atoms with E-state index in [1.807, 2.05) is 30.3 Å². The second-order valence-electron chi connectivity index (χ2n) is 7.48. The Morgan fingerprint density at radius 3 is 2.34 bits per heavy atom. The summed E-state index contributed by atoms with van der Waals surface area (Å²) in [7, 11) is -1.61. The number of hydrogen-bond donors (Lipinski definition) is 3. The maximum Gasteiger partial charge on any atom is 0.416 e. The summed E-state index contributed by atoms with van der Waals surface area (Å²) in [5.41, 5.74) is 2.01. The van der Waals surface area contributed by atoms with Crippen molar-refractivity contribution in [3.63, 3.8) is 0 Å². The third-order valence-corrected chi connectivity index (χ3v) is 5.76. The molecule has 1 aromatic heterocycles. The van der Waals surface area contributed by atoms with Gasteiger partial charge in [0, 0.05) is 11.3 Å². The molecule has 0 aliphatic rings. The van der Waals surface area contributed by atoms with Gasteiger partial charge in [0.25, 0.3) is 0 Å². The number of anilines is 1. The third-order valence-electron chi connectivity index (χ3n) is 5.02. The molecular weight excluding hydrogens is 479 g/mol. The number of carbonyl (C=O) groups excluding carboxylic acids is 1. The highest BCUT2D eigenvalue weighted by Crippen LogP contribution is 2.30. The summed E-state index contributed by atoms with van der Waals surface area (Å²) >= 11 is 0. The SMILES string of the molecule is NS(=O)c1ccc(-n2nc(CNC(=O)Nc3cccc(C(F)(F)F)c3)cc2-c2ccccc2)cc1. The van der Waals surface area contributed by atoms with Gasteiger partial charge in [0.05, 0.1) is 34.1 Å². The van der Waals surface area contributed by atoms with Gasteiger partial charge in [-0.3, -0.25) is 0 Å². The minimum atomic E-state index is -4.51. The van der Waals surface area contributed by atoms with E-state index in [0.29, 0.717) is 16.3 Å². The fourth-order valence-corrected chi connectivity index (χ4v) is 3.77. The first-order valence-corrected chi connectivity index (χ1v) is 11.5. The van der Waals surface area contributed by atoms with Crippen LogP contribution in [0.5, 0.6) is 0 Å². The second-order valence-corrected chi connectivity index (χ2v) is 8.54. The first-order chi connectivity index (χ1) is 16.7. The Labute approximate surface area is 201 Å². The van der Waals surface area contributed by atoms with Crippen molar-refractivity contribution in [2.24, 2.45) is 5.14 Å². The van der Waals surface area contributed by atoms with Gasteiger partial charge >= 0.3 is 12.2 Å². The number of halogens is 3. The number of aromatic nitrogens is 2. The molecule has 4 N–H and O–H groups in total. The molecule has 0 saturated heterocycles. The second kappa shape index (κ2) is 10.1. The summed E-state index contributed by atoms with van der Waals surface area (Å²) in [6.45, 7) is 0.0303. The van der Waals surface area contributed by atoms with Crippen molar-refractivity contribution in [1.82, 2.24) is 15.1 Å². The molecule has 0 bridgehead atoms. The Hall–Kier alpha value is -3.96. The molecule has 0 spiro atoms. The summed E-state index contributed by atoms with van der Waals surface area (Å²) in [4.78, 5) is 12.8. The summed E-state index contributed by atoms with van der Waals surface area (Å²) in [5, 5.41) is 15.0. The van der Waals surface area contributed by atoms with Crippen molar-refractivity contribution in [3.05, 3.63) is 96.2 Å². The van der Waals surface area contributed by atoms with Crippen molar-refractivity contribution in [2.75, 3.05) is 5.32 Å². The lowest BCUT2D eigenvalue weighted by Crippen LogP contribution is -2.28. The number of alkyl halides is 3. The first-order valence-electron chi connectivity index (χ1n) is 10.3. The molecule has 0 saturated carbocycles. The van der Waals surface area contributed by atoms with Crippen LogP contribution in [0, 0.1) is 0 Å². The molecule has 0 aliphatic carbocycles. The molecule has 0 fully saturated rings. The highest BCUT2D eigenvalue weighted by molar-refractivity contribution is 7.82. The molecule has 1 heterocycles. The number of nitrogens with two attached hydrogens (primary N) is 1. The third kappa shape index (κ3) is 5.94. The van der Waals surface area contributed by atoms with E-state index >= 15 is 0 Å². The molecule has 2 amide bonds. The monoisotopic (exact) mass is 499 g/mol. The van der Waals surface area contributed by atoms with Gasteiger partial charge in [-0.05, 0) is 48.5 Å². The summed E-state index contributed by atoms with van der Waals surface area (Å²) < 4.78 is 51.9. The van der Waals surface area contributed by atoms with Crippen molar-refractivity contribution in [3.8, 4) is 16.9 Å². The van der Waals surface area contributed by atoms with E-state index in [2.05, 4.69) is 15.7 Å². The van der Waals surface area contributed by atoms with E-state index in [0.717, 1.165) is 23.4 Å². The lowest BCUT2D eigenvalue weighted by molar-refractivity contribution is -0.137. The lowest BCUT2D eigenvalue weighted by Gasteiger charge is -2.10. The number of nitrogens with zero attached hydrogens (tertiary/aromatic N) is 2. The smallest absolute Gasteiger partial charge is 0.332 e. The zero-order chi connectivity index (χ0) is 25.0. The van der Waals surface area contributed by atoms with Crippen LogP contribution in [0.25, 0.3) is 16.9 Å². The van der Waals surface area contributed by atoms with Gasteiger partial charge in [0.2, 0.25) is 0 Å². The maximum absolute atomic E-state index is 12.9. The van der Waals surface area contributed by atoms with Crippen molar-refractivity contribution < 1.29 is 22.2 Å². The average Bonchev–Trinajstić information content (AvgIpc) is 3.27. The lowest BCUT2D eigenvalue weighted by atomic mass is 10.1. The summed E-state index contributed by atoms with van der Waals surface area (Å²) in [6.07, 6.45) is -4.51. The molecule has 35 heavy (non-hydrogen) atoms. The molecule has 1 unspecified atom stereocenters. The van der Waals surface area contributed by atoms with Gasteiger partial charge < -0.3 is 10.6 Å². The summed E-state index contributed by atoms with van der Waals surface area (Å²) in [5.74, 6) is 0. The van der Waals surface area contributed by atoms with E-state index in [4.69, 9.17) is 5.14 Å². The molecule has 180 valence electrons. The van der Waals surface area contributed by atoms with Crippen molar-refractivity contribution in [2.45, 2.75) is 17.6 Å². The quantitative estimate of drug-likeness (QED) is 0.353. The van der Waals surface area contributed by atoms with E-state index in [-0.39, 0.29) is 12.2 Å². The van der Waals surface area contributed by atoms with Crippen LogP contribution < -0.4 is 15.8 Å². The van der Waals surface area contributed by atoms with Crippen LogP contribution in [0.1, 0.15) is 11.3 Å². The molecule has 4 rings (SSSR count). The van der Waals surface area contributed by atoms with Gasteiger partial charge in [-0.15, -0.1) is 0 Å². The highest BCUT2D eigenvalue weighted by atomic mass is 32.2. The minimum Gasteiger partial charge on any atom is -0.332 e. The normalized spacial score (nSPS) is 12.2. The minimum absolute atomic E-state index is 0.0187. The number of carbonyl (C=O) groups is 1. The zero-order valence-electron chi connectivity index (χ0n) is 18.1. The van der Waals surface area contributed by atoms with Crippen LogP contribution >= 0.6 is 0 Å². The average molecular weight is 500 g/mol. The van der Waals surface area contributed by atoms with Gasteiger partial charge in [-0.2, -0.15) is 18.3 Å². The Balaban J connectivity index is 1.53. The number of benzene rings is 3. The fourth-order valence-electron chi connectivity index (χ4n) is 3.37. The van der Waals surface area contributed by atoms with Gasteiger partial charge in [-0.25, -0.2) is 18.8 Å². The van der Waals surface area contributed by atoms with Gasteiger partial charge in [0.1, 0.15) is 11.0 Å². The number of nitrogens with one attached hydrogen (secondary N) is 2. The van der Waals surface area contributed by atoms with Crippen LogP contribution in [0.2, 0.25) is 0 Å². The van der Waals surface area contributed by atoms with Crippen LogP contribution in [0.3, 0.4) is 0 Å². The van der Waals surface area contributed by atoms with Gasteiger partial charge in [0.15, 0.2) is 0 Å². The molecule has 7 nitrogen and oxygen atoms in total. The Morgan fingerprint density at radius 2 is 1.69 bits per heavy atom. The molecule has 1 atom stereocenters. The fraction of sp³-hybridized carbons (Fsp3) is 0.0833. The van der Waals surface area contributed by atoms with E-state index < -0.39 is 28.8 Å². The topological polar surface area (TPSA) is 102 Å². The van der Waals surface area contributed by atoms with Crippen molar-refractivity contribution >= 4 is 22.7 Å². The Bertz CT molecular complexity index is 1360. The molecular formula is C24H20F3N5O2S. The van der Waals surface area contributed by atoms with E-state index in [9.17, 15) is 22.2 Å².